The zero-order valence-electron chi connectivity index (χ0n) is 18.4. The summed E-state index contributed by atoms with van der Waals surface area (Å²) in [6.45, 7) is 6.75. The Labute approximate surface area is 193 Å². The first-order valence-electron chi connectivity index (χ1n) is 11.3. The van der Waals surface area contributed by atoms with E-state index in [0.29, 0.717) is 44.8 Å². The van der Waals surface area contributed by atoms with E-state index in [1.807, 2.05) is 57.6 Å². The van der Waals surface area contributed by atoms with Gasteiger partial charge in [0, 0.05) is 56.3 Å². The van der Waals surface area contributed by atoms with E-state index in [1.54, 1.807) is 11.3 Å². The van der Waals surface area contributed by atoms with Gasteiger partial charge in [-0.3, -0.25) is 14.5 Å². The van der Waals surface area contributed by atoms with Gasteiger partial charge in [-0.05, 0) is 23.6 Å². The molecule has 4 rings (SSSR count). The van der Waals surface area contributed by atoms with Crippen LogP contribution in [0.1, 0.15) is 15.2 Å². The molecule has 1 aromatic carbocycles. The highest BCUT2D eigenvalue weighted by atomic mass is 32.1. The molecular formula is C24H31N3O4S. The average molecular weight is 458 g/mol. The quantitative estimate of drug-likeness (QED) is 0.607. The number of hydrogen-bond donors (Lipinski definition) is 0. The largest absolute Gasteiger partial charge is 0.379 e. The number of nitrogens with zero attached hydrogens (tertiary/aromatic N) is 3. The van der Waals surface area contributed by atoms with Crippen LogP contribution in [-0.4, -0.2) is 98.3 Å². The predicted octanol–water partition coefficient (Wildman–Crippen LogP) is 1.99. The second-order valence-corrected chi connectivity index (χ2v) is 9.19. The summed E-state index contributed by atoms with van der Waals surface area (Å²) < 4.78 is 11.4. The molecule has 3 heterocycles. The predicted molar refractivity (Wildman–Crippen MR) is 124 cm³/mol. The van der Waals surface area contributed by atoms with Gasteiger partial charge in [-0.15, -0.1) is 11.3 Å². The SMILES string of the molecule is O=C(Cc1cccs1)N1CCOC(CN(CCN2CCOCC2)C(=O)c2ccccc2)C1. The number of benzene rings is 1. The van der Waals surface area contributed by atoms with E-state index in [-0.39, 0.29) is 17.9 Å². The molecule has 1 atom stereocenters. The van der Waals surface area contributed by atoms with E-state index in [0.717, 1.165) is 37.7 Å². The van der Waals surface area contributed by atoms with Crippen molar-refractivity contribution >= 4 is 23.2 Å². The molecule has 2 aliphatic rings. The standard InChI is InChI=1S/C24H31N3O4S/c28-23(17-22-7-4-16-32-22)26-12-15-31-21(18-26)19-27(9-8-25-10-13-30-14-11-25)24(29)20-5-2-1-3-6-20/h1-7,16,21H,8-15,17-19H2. The lowest BCUT2D eigenvalue weighted by Crippen LogP contribution is -2.52. The molecule has 0 aliphatic carbocycles. The van der Waals surface area contributed by atoms with Crippen molar-refractivity contribution in [2.75, 3.05) is 65.6 Å². The Morgan fingerprint density at radius 1 is 1.03 bits per heavy atom. The van der Waals surface area contributed by atoms with Crippen molar-refractivity contribution < 1.29 is 19.1 Å². The molecule has 32 heavy (non-hydrogen) atoms. The summed E-state index contributed by atoms with van der Waals surface area (Å²) in [6, 6.07) is 13.3. The van der Waals surface area contributed by atoms with Gasteiger partial charge in [-0.1, -0.05) is 24.3 Å². The number of hydrogen-bond acceptors (Lipinski definition) is 6. The molecule has 2 aliphatic heterocycles. The summed E-state index contributed by atoms with van der Waals surface area (Å²) in [7, 11) is 0. The van der Waals surface area contributed by atoms with E-state index in [9.17, 15) is 9.59 Å². The van der Waals surface area contributed by atoms with Gasteiger partial charge < -0.3 is 19.3 Å². The fourth-order valence-electron chi connectivity index (χ4n) is 4.10. The van der Waals surface area contributed by atoms with Crippen LogP contribution in [0.3, 0.4) is 0 Å². The van der Waals surface area contributed by atoms with Crippen molar-refractivity contribution in [2.24, 2.45) is 0 Å². The molecular weight excluding hydrogens is 426 g/mol. The lowest BCUT2D eigenvalue weighted by atomic mass is 10.1. The number of amides is 2. The van der Waals surface area contributed by atoms with E-state index >= 15 is 0 Å². The molecule has 2 fully saturated rings. The van der Waals surface area contributed by atoms with E-state index < -0.39 is 0 Å². The smallest absolute Gasteiger partial charge is 0.253 e. The molecule has 0 spiro atoms. The third kappa shape index (κ3) is 6.38. The zero-order chi connectivity index (χ0) is 22.2. The van der Waals surface area contributed by atoms with Crippen LogP contribution in [-0.2, 0) is 20.7 Å². The van der Waals surface area contributed by atoms with Crippen LogP contribution in [0.5, 0.6) is 0 Å². The van der Waals surface area contributed by atoms with Gasteiger partial charge in [0.2, 0.25) is 5.91 Å². The Morgan fingerprint density at radius 3 is 2.59 bits per heavy atom. The minimum Gasteiger partial charge on any atom is -0.379 e. The number of carbonyl (C=O) groups excluding carboxylic acids is 2. The molecule has 0 radical (unpaired) electrons. The number of rotatable bonds is 8. The summed E-state index contributed by atoms with van der Waals surface area (Å²) >= 11 is 1.60. The second-order valence-electron chi connectivity index (χ2n) is 8.16. The van der Waals surface area contributed by atoms with Gasteiger partial charge in [0.05, 0.1) is 32.3 Å². The fourth-order valence-corrected chi connectivity index (χ4v) is 4.80. The summed E-state index contributed by atoms with van der Waals surface area (Å²) in [5, 5.41) is 1.99. The first-order chi connectivity index (χ1) is 15.7. The maximum absolute atomic E-state index is 13.3. The van der Waals surface area contributed by atoms with Gasteiger partial charge in [-0.2, -0.15) is 0 Å². The van der Waals surface area contributed by atoms with Crippen molar-refractivity contribution in [3.05, 3.63) is 58.3 Å². The van der Waals surface area contributed by atoms with Gasteiger partial charge in [0.15, 0.2) is 0 Å². The Kier molecular flexibility index (Phi) is 8.28. The molecule has 0 saturated carbocycles. The molecule has 1 aromatic heterocycles. The summed E-state index contributed by atoms with van der Waals surface area (Å²) in [5.74, 6) is 0.125. The third-order valence-corrected chi connectivity index (χ3v) is 6.80. The van der Waals surface area contributed by atoms with Crippen LogP contribution in [0, 0.1) is 0 Å². The number of ether oxygens (including phenoxy) is 2. The van der Waals surface area contributed by atoms with Crippen LogP contribution < -0.4 is 0 Å². The van der Waals surface area contributed by atoms with Crippen molar-refractivity contribution in [1.29, 1.82) is 0 Å². The summed E-state index contributed by atoms with van der Waals surface area (Å²) in [4.78, 5) is 33.2. The molecule has 0 N–H and O–H groups in total. The molecule has 7 nitrogen and oxygen atoms in total. The first-order valence-corrected chi connectivity index (χ1v) is 12.1. The monoisotopic (exact) mass is 457 g/mol. The lowest BCUT2D eigenvalue weighted by Gasteiger charge is -2.36. The number of morpholine rings is 2. The van der Waals surface area contributed by atoms with Crippen LogP contribution in [0.25, 0.3) is 0 Å². The Bertz CT molecular complexity index is 855. The van der Waals surface area contributed by atoms with Crippen molar-refractivity contribution in [3.63, 3.8) is 0 Å². The van der Waals surface area contributed by atoms with Gasteiger partial charge in [-0.25, -0.2) is 0 Å². The maximum atomic E-state index is 13.3. The highest BCUT2D eigenvalue weighted by Crippen LogP contribution is 2.15. The van der Waals surface area contributed by atoms with Gasteiger partial charge in [0.25, 0.3) is 5.91 Å². The first kappa shape index (κ1) is 22.9. The molecule has 2 aromatic rings. The molecule has 8 heteroatoms. The van der Waals surface area contributed by atoms with Crippen molar-refractivity contribution in [1.82, 2.24) is 14.7 Å². The number of thiophene rings is 1. The van der Waals surface area contributed by atoms with E-state index in [2.05, 4.69) is 4.90 Å². The number of carbonyl (C=O) groups is 2. The minimum absolute atomic E-state index is 0.00416. The highest BCUT2D eigenvalue weighted by molar-refractivity contribution is 7.10. The normalized spacial score (nSPS) is 19.6. The van der Waals surface area contributed by atoms with Crippen LogP contribution in [0.2, 0.25) is 0 Å². The molecule has 172 valence electrons. The van der Waals surface area contributed by atoms with E-state index in [1.165, 1.54) is 0 Å². The Morgan fingerprint density at radius 2 is 1.84 bits per heavy atom. The van der Waals surface area contributed by atoms with Crippen LogP contribution in [0.4, 0.5) is 0 Å². The molecule has 1 unspecified atom stereocenters. The van der Waals surface area contributed by atoms with Crippen molar-refractivity contribution in [3.8, 4) is 0 Å². The topological polar surface area (TPSA) is 62.3 Å². The molecule has 0 bridgehead atoms. The van der Waals surface area contributed by atoms with Gasteiger partial charge >= 0.3 is 0 Å². The van der Waals surface area contributed by atoms with Crippen LogP contribution >= 0.6 is 11.3 Å². The summed E-state index contributed by atoms with van der Waals surface area (Å²) in [6.07, 6.45) is 0.238. The average Bonchev–Trinajstić information content (AvgIpc) is 3.36. The third-order valence-electron chi connectivity index (χ3n) is 5.92. The van der Waals surface area contributed by atoms with Crippen LogP contribution in [0.15, 0.2) is 47.8 Å². The van der Waals surface area contributed by atoms with E-state index in [4.69, 9.17) is 9.47 Å². The Balaban J connectivity index is 1.38. The minimum atomic E-state index is -0.187. The maximum Gasteiger partial charge on any atom is 0.253 e. The molecule has 2 saturated heterocycles. The van der Waals surface area contributed by atoms with Crippen molar-refractivity contribution in [2.45, 2.75) is 12.5 Å². The second kappa shape index (κ2) is 11.6. The molecule has 2 amide bonds. The highest BCUT2D eigenvalue weighted by Gasteiger charge is 2.28. The Hall–Kier alpha value is -2.26. The fraction of sp³-hybridized carbons (Fsp3) is 0.500. The summed E-state index contributed by atoms with van der Waals surface area (Å²) in [5.41, 5.74) is 0.677. The van der Waals surface area contributed by atoms with Gasteiger partial charge in [0.1, 0.15) is 0 Å². The zero-order valence-corrected chi connectivity index (χ0v) is 19.2. The lowest BCUT2D eigenvalue weighted by molar-refractivity contribution is -0.138.